The molecule has 0 aliphatic heterocycles. The van der Waals surface area contributed by atoms with Crippen molar-refractivity contribution in [3.8, 4) is 0 Å². The summed E-state index contributed by atoms with van der Waals surface area (Å²) in [6.07, 6.45) is 78.4. The molecule has 2 unspecified atom stereocenters. The molecule has 0 aromatic heterocycles. The van der Waals surface area contributed by atoms with E-state index < -0.39 is 97.5 Å². The number of phosphoric acid groups is 2. The average molecular weight is 1480 g/mol. The number of hydrogen-bond acceptors (Lipinski definition) is 15. The largest absolute Gasteiger partial charge is 0.472 e. The number of carbonyl (C=O) groups excluding carboxylic acids is 4. The van der Waals surface area contributed by atoms with Crippen LogP contribution in [0, 0.1) is 0 Å². The highest BCUT2D eigenvalue weighted by atomic mass is 31.2. The van der Waals surface area contributed by atoms with Crippen LogP contribution in [0.1, 0.15) is 362 Å². The molecule has 0 aliphatic rings. The second-order valence-electron chi connectivity index (χ2n) is 27.4. The number of phosphoric ester groups is 2. The van der Waals surface area contributed by atoms with E-state index in [0.29, 0.717) is 32.1 Å². The Labute approximate surface area is 621 Å². The van der Waals surface area contributed by atoms with Gasteiger partial charge in [0.1, 0.15) is 19.3 Å². The molecule has 0 aromatic rings. The summed E-state index contributed by atoms with van der Waals surface area (Å²) in [6, 6.07) is 0. The molecule has 19 heteroatoms. The molecule has 0 aliphatic carbocycles. The quantitative estimate of drug-likeness (QED) is 0.0169. The maximum Gasteiger partial charge on any atom is 0.472 e. The van der Waals surface area contributed by atoms with Crippen LogP contribution in [0.15, 0.2) is 85.1 Å². The van der Waals surface area contributed by atoms with Gasteiger partial charge in [0, 0.05) is 25.7 Å². The average Bonchev–Trinajstić information content (AvgIpc) is 0.917. The molecule has 3 N–H and O–H groups in total. The first-order chi connectivity index (χ1) is 49.7. The lowest BCUT2D eigenvalue weighted by molar-refractivity contribution is -0.161. The van der Waals surface area contributed by atoms with Crippen molar-refractivity contribution >= 4 is 39.5 Å². The fraction of sp³-hybridized carbons (Fsp3) is 0.783. The van der Waals surface area contributed by atoms with Gasteiger partial charge in [-0.3, -0.25) is 37.3 Å². The van der Waals surface area contributed by atoms with Crippen LogP contribution in [-0.2, 0) is 65.4 Å². The summed E-state index contributed by atoms with van der Waals surface area (Å²) >= 11 is 0. The zero-order valence-corrected chi connectivity index (χ0v) is 66.6. The molecule has 0 fully saturated rings. The molecule has 102 heavy (non-hydrogen) atoms. The highest BCUT2D eigenvalue weighted by molar-refractivity contribution is 7.47. The van der Waals surface area contributed by atoms with E-state index in [9.17, 15) is 43.2 Å². The minimum Gasteiger partial charge on any atom is -0.462 e. The van der Waals surface area contributed by atoms with E-state index in [1.54, 1.807) is 0 Å². The zero-order valence-electron chi connectivity index (χ0n) is 64.8. The first kappa shape index (κ1) is 98.2. The summed E-state index contributed by atoms with van der Waals surface area (Å²) < 4.78 is 68.6. The summed E-state index contributed by atoms with van der Waals surface area (Å²) in [6.45, 7) is 4.79. The van der Waals surface area contributed by atoms with Gasteiger partial charge in [0.05, 0.1) is 26.4 Å². The molecule has 5 atom stereocenters. The Bertz CT molecular complexity index is 2260. The predicted octanol–water partition coefficient (Wildman–Crippen LogP) is 23.8. The Morgan fingerprint density at radius 2 is 0.490 bits per heavy atom. The number of rotatable bonds is 77. The Balaban J connectivity index is 5.41. The van der Waals surface area contributed by atoms with Gasteiger partial charge in [-0.2, -0.15) is 0 Å². The molecule has 0 amide bonds. The zero-order chi connectivity index (χ0) is 74.6. The van der Waals surface area contributed by atoms with Gasteiger partial charge in [0.2, 0.25) is 0 Å². The van der Waals surface area contributed by atoms with E-state index in [4.69, 9.17) is 37.0 Å². The normalized spacial score (nSPS) is 14.3. The SMILES string of the molecule is CCCCC/C=C\C/C=C\C/C=C\C/C=C\CCCC(=O)O[C@H](COC(=O)CCCCCCC/C=C\CCCCCCCC)COP(=O)(O)OC[C@H](O)COP(=O)(O)OC[C@@H](COC(=O)CCCCCCC/C=C\C/C=C\CCCCC)OC(=O)CCCCCCCCCCCCCCCCC. The molecule has 592 valence electrons. The Morgan fingerprint density at radius 1 is 0.275 bits per heavy atom. The van der Waals surface area contributed by atoms with Crippen LogP contribution in [0.3, 0.4) is 0 Å². The minimum atomic E-state index is -4.99. The summed E-state index contributed by atoms with van der Waals surface area (Å²) in [5.74, 6) is -2.24. The van der Waals surface area contributed by atoms with Crippen molar-refractivity contribution in [3.63, 3.8) is 0 Å². The van der Waals surface area contributed by atoms with Gasteiger partial charge in [0.15, 0.2) is 12.2 Å². The first-order valence-corrected chi connectivity index (χ1v) is 43.8. The molecule has 0 saturated carbocycles. The number of hydrogen-bond donors (Lipinski definition) is 3. The lowest BCUT2D eigenvalue weighted by Gasteiger charge is -2.21. The van der Waals surface area contributed by atoms with Crippen LogP contribution in [0.5, 0.6) is 0 Å². The van der Waals surface area contributed by atoms with E-state index >= 15 is 0 Å². The molecular formula is C83H148O17P2. The number of allylic oxidation sites excluding steroid dienone is 14. The molecule has 0 radical (unpaired) electrons. The highest BCUT2D eigenvalue weighted by Crippen LogP contribution is 2.45. The van der Waals surface area contributed by atoms with Gasteiger partial charge in [-0.1, -0.05) is 299 Å². The van der Waals surface area contributed by atoms with Crippen molar-refractivity contribution in [2.24, 2.45) is 0 Å². The number of aliphatic hydroxyl groups is 1. The third-order valence-electron chi connectivity index (χ3n) is 17.3. The lowest BCUT2D eigenvalue weighted by Crippen LogP contribution is -2.30. The number of ether oxygens (including phenoxy) is 4. The summed E-state index contributed by atoms with van der Waals surface area (Å²) in [7, 11) is -9.97. The van der Waals surface area contributed by atoms with E-state index in [1.807, 2.05) is 12.2 Å². The number of carbonyl (C=O) groups is 4. The van der Waals surface area contributed by atoms with Gasteiger partial charge in [-0.25, -0.2) is 9.13 Å². The second kappa shape index (κ2) is 75.5. The molecule has 0 heterocycles. The van der Waals surface area contributed by atoms with Gasteiger partial charge < -0.3 is 33.8 Å². The Kier molecular flexibility index (Phi) is 72.7. The predicted molar refractivity (Wildman–Crippen MR) is 418 cm³/mol. The summed E-state index contributed by atoms with van der Waals surface area (Å²) in [5.41, 5.74) is 0. The summed E-state index contributed by atoms with van der Waals surface area (Å²) in [4.78, 5) is 73.0. The van der Waals surface area contributed by atoms with Crippen molar-refractivity contribution in [1.82, 2.24) is 0 Å². The molecule has 0 spiro atoms. The standard InChI is InChI=1S/C83H148O17P2/c1-5-9-13-17-21-25-29-33-37-38-42-46-50-54-58-62-66-70-83(88)100-79(74-94-81(86)68-64-60-56-52-48-44-40-35-31-27-23-19-15-11-7-3)76-98-102(91,92)96-72-77(84)71-95-101(89,90)97-75-78(99-82(87)69-65-61-57-53-49-45-41-36-32-28-24-20-16-12-8-4)73-93-80(85)67-63-59-55-51-47-43-39-34-30-26-22-18-14-10-6-2/h21-22,25-26,33-35,37,39-40,42,46,54,58,77-79,84H,5-20,23-24,27-32,36,38,41,43-45,47-53,55-57,59-76H2,1-4H3,(H,89,90)(H,91,92)/b25-21-,26-22-,37-33-,39-34-,40-35-,46-42-,58-54-/t77-,78-,79-/m1/s1. The van der Waals surface area contributed by atoms with Crippen LogP contribution in [0.25, 0.3) is 0 Å². The third-order valence-corrected chi connectivity index (χ3v) is 19.2. The van der Waals surface area contributed by atoms with Crippen LogP contribution in [-0.4, -0.2) is 96.7 Å². The molecule has 17 nitrogen and oxygen atoms in total. The first-order valence-electron chi connectivity index (χ1n) is 40.8. The Hall–Kier alpha value is -3.76. The second-order valence-corrected chi connectivity index (χ2v) is 30.3. The van der Waals surface area contributed by atoms with Gasteiger partial charge >= 0.3 is 39.5 Å². The van der Waals surface area contributed by atoms with Crippen molar-refractivity contribution in [2.45, 2.75) is 380 Å². The molecule has 0 aromatic carbocycles. The number of aliphatic hydroxyl groups excluding tert-OH is 1. The summed E-state index contributed by atoms with van der Waals surface area (Å²) in [5, 5.41) is 10.6. The Morgan fingerprint density at radius 3 is 0.804 bits per heavy atom. The lowest BCUT2D eigenvalue weighted by atomic mass is 10.0. The van der Waals surface area contributed by atoms with Crippen LogP contribution < -0.4 is 0 Å². The van der Waals surface area contributed by atoms with Gasteiger partial charge in [-0.05, 0) is 122 Å². The van der Waals surface area contributed by atoms with Crippen LogP contribution >= 0.6 is 15.6 Å². The monoisotopic (exact) mass is 1480 g/mol. The number of unbranched alkanes of at least 4 members (excludes halogenated alkanes) is 37. The molecule has 0 saturated heterocycles. The molecular weight excluding hydrogens is 1330 g/mol. The smallest absolute Gasteiger partial charge is 0.462 e. The van der Waals surface area contributed by atoms with Crippen molar-refractivity contribution in [2.75, 3.05) is 39.6 Å². The van der Waals surface area contributed by atoms with Crippen molar-refractivity contribution in [3.05, 3.63) is 85.1 Å². The molecule has 0 rings (SSSR count). The van der Waals surface area contributed by atoms with Gasteiger partial charge in [-0.15, -0.1) is 0 Å². The van der Waals surface area contributed by atoms with E-state index in [2.05, 4.69) is 101 Å². The van der Waals surface area contributed by atoms with E-state index in [1.165, 1.54) is 141 Å². The number of esters is 4. The fourth-order valence-corrected chi connectivity index (χ4v) is 12.6. The highest BCUT2D eigenvalue weighted by Gasteiger charge is 2.30. The van der Waals surface area contributed by atoms with E-state index in [-0.39, 0.29) is 25.7 Å². The van der Waals surface area contributed by atoms with Crippen molar-refractivity contribution in [1.29, 1.82) is 0 Å². The van der Waals surface area contributed by atoms with Crippen LogP contribution in [0.4, 0.5) is 0 Å². The van der Waals surface area contributed by atoms with Crippen molar-refractivity contribution < 1.29 is 80.2 Å². The van der Waals surface area contributed by atoms with Gasteiger partial charge in [0.25, 0.3) is 0 Å². The maximum atomic E-state index is 13.1. The molecule has 0 bridgehead atoms. The maximum absolute atomic E-state index is 13.1. The third kappa shape index (κ3) is 74.5. The fourth-order valence-electron chi connectivity index (χ4n) is 11.1. The minimum absolute atomic E-state index is 0.0192. The van der Waals surface area contributed by atoms with E-state index in [0.717, 1.165) is 135 Å². The van der Waals surface area contributed by atoms with Crippen LogP contribution in [0.2, 0.25) is 0 Å². The topological polar surface area (TPSA) is 237 Å².